The zero-order valence-electron chi connectivity index (χ0n) is 13.9. The van der Waals surface area contributed by atoms with Gasteiger partial charge in [-0.15, -0.1) is 0 Å². The van der Waals surface area contributed by atoms with Crippen molar-refractivity contribution in [3.05, 3.63) is 28.2 Å². The number of rotatable bonds is 3. The third-order valence-electron chi connectivity index (χ3n) is 3.76. The molecule has 1 aliphatic rings. The van der Waals surface area contributed by atoms with Crippen LogP contribution in [0.4, 0.5) is 0 Å². The maximum absolute atomic E-state index is 12.6. The molecule has 1 aromatic carbocycles. The van der Waals surface area contributed by atoms with Crippen molar-refractivity contribution in [2.75, 3.05) is 39.8 Å². The van der Waals surface area contributed by atoms with Gasteiger partial charge >= 0.3 is 0 Å². The van der Waals surface area contributed by atoms with Crippen LogP contribution in [0.2, 0.25) is 0 Å². The first kappa shape index (κ1) is 17.3. The Morgan fingerprint density at radius 3 is 2.36 bits per heavy atom. The Morgan fingerprint density at radius 2 is 1.86 bits per heavy atom. The fourth-order valence-corrected chi connectivity index (χ4v) is 3.30. The van der Waals surface area contributed by atoms with Crippen molar-refractivity contribution < 1.29 is 9.53 Å². The number of hydrogen-bond acceptors (Lipinski definition) is 3. The van der Waals surface area contributed by atoms with Gasteiger partial charge in [-0.2, -0.15) is 0 Å². The van der Waals surface area contributed by atoms with Crippen LogP contribution < -0.4 is 4.74 Å². The molecule has 1 aromatic rings. The summed E-state index contributed by atoms with van der Waals surface area (Å²) in [5.41, 5.74) is 1.00. The summed E-state index contributed by atoms with van der Waals surface area (Å²) in [7, 11) is 1.62. The number of ether oxygens (including phenoxy) is 1. The molecule has 4 nitrogen and oxygen atoms in total. The molecule has 122 valence electrons. The van der Waals surface area contributed by atoms with E-state index in [-0.39, 0.29) is 5.91 Å². The highest BCUT2D eigenvalue weighted by atomic mass is 79.9. The van der Waals surface area contributed by atoms with Crippen LogP contribution in [0.25, 0.3) is 0 Å². The molecule has 22 heavy (non-hydrogen) atoms. The van der Waals surface area contributed by atoms with Crippen LogP contribution in [0.1, 0.15) is 31.1 Å². The lowest BCUT2D eigenvalue weighted by Gasteiger charge is -2.37. The lowest BCUT2D eigenvalue weighted by atomic mass is 9.96. The number of nitrogens with zero attached hydrogens (tertiary/aromatic N) is 2. The Hall–Kier alpha value is -1.07. The minimum atomic E-state index is 0.0961. The van der Waals surface area contributed by atoms with Gasteiger partial charge in [0.2, 0.25) is 0 Å². The Bertz CT molecular complexity index is 532. The summed E-state index contributed by atoms with van der Waals surface area (Å²) in [4.78, 5) is 17.0. The second-order valence-electron chi connectivity index (χ2n) is 6.98. The fraction of sp³-hybridized carbons (Fsp3) is 0.588. The maximum atomic E-state index is 12.6. The number of hydrogen-bond donors (Lipinski definition) is 0. The summed E-state index contributed by atoms with van der Waals surface area (Å²) in [6, 6.07) is 5.49. The Balaban J connectivity index is 1.96. The first-order valence-electron chi connectivity index (χ1n) is 7.65. The SMILES string of the molecule is COc1ccc(C(=O)N2CCN(CC(C)(C)C)CC2)cc1Br. The predicted molar refractivity (Wildman–Crippen MR) is 92.5 cm³/mol. The quantitative estimate of drug-likeness (QED) is 0.820. The van der Waals surface area contributed by atoms with Crippen LogP contribution >= 0.6 is 15.9 Å². The largest absolute Gasteiger partial charge is 0.496 e. The monoisotopic (exact) mass is 368 g/mol. The third-order valence-corrected chi connectivity index (χ3v) is 4.38. The van der Waals surface area contributed by atoms with E-state index in [9.17, 15) is 4.79 Å². The van der Waals surface area contributed by atoms with Gasteiger partial charge < -0.3 is 9.64 Å². The highest BCUT2D eigenvalue weighted by Gasteiger charge is 2.25. The average Bonchev–Trinajstić information content (AvgIpc) is 2.45. The molecule has 5 heteroatoms. The molecule has 0 unspecified atom stereocenters. The average molecular weight is 369 g/mol. The smallest absolute Gasteiger partial charge is 0.253 e. The van der Waals surface area contributed by atoms with Gasteiger partial charge in [0.05, 0.1) is 11.6 Å². The summed E-state index contributed by atoms with van der Waals surface area (Å²) in [6.07, 6.45) is 0. The van der Waals surface area contributed by atoms with Crippen molar-refractivity contribution >= 4 is 21.8 Å². The molecule has 1 saturated heterocycles. The van der Waals surface area contributed by atoms with Crippen LogP contribution in [-0.2, 0) is 0 Å². The van der Waals surface area contributed by atoms with Crippen LogP contribution in [0, 0.1) is 5.41 Å². The van der Waals surface area contributed by atoms with E-state index in [2.05, 4.69) is 41.6 Å². The second-order valence-corrected chi connectivity index (χ2v) is 7.83. The summed E-state index contributed by atoms with van der Waals surface area (Å²) in [6.45, 7) is 11.3. The highest BCUT2D eigenvalue weighted by molar-refractivity contribution is 9.10. The molecule has 1 fully saturated rings. The van der Waals surface area contributed by atoms with Gasteiger partial charge in [0.1, 0.15) is 5.75 Å². The molecule has 0 atom stereocenters. The molecular formula is C17H25BrN2O2. The Morgan fingerprint density at radius 1 is 1.23 bits per heavy atom. The second kappa shape index (κ2) is 7.01. The molecule has 0 spiro atoms. The fourth-order valence-electron chi connectivity index (χ4n) is 2.76. The number of piperazine rings is 1. The van der Waals surface area contributed by atoms with Crippen LogP contribution in [-0.4, -0.2) is 55.5 Å². The highest BCUT2D eigenvalue weighted by Crippen LogP contribution is 2.26. The lowest BCUT2D eigenvalue weighted by Crippen LogP contribution is -2.50. The van der Waals surface area contributed by atoms with Gasteiger partial charge in [0.25, 0.3) is 5.91 Å². The number of carbonyl (C=O) groups is 1. The van der Waals surface area contributed by atoms with E-state index in [0.717, 1.165) is 42.9 Å². The number of halogens is 1. The molecule has 0 radical (unpaired) electrons. The van der Waals surface area contributed by atoms with E-state index >= 15 is 0 Å². The van der Waals surface area contributed by atoms with Crippen molar-refractivity contribution in [1.29, 1.82) is 0 Å². The van der Waals surface area contributed by atoms with E-state index < -0.39 is 0 Å². The topological polar surface area (TPSA) is 32.8 Å². The molecular weight excluding hydrogens is 344 g/mol. The first-order chi connectivity index (χ1) is 10.3. The zero-order chi connectivity index (χ0) is 16.3. The molecule has 0 aromatic heterocycles. The van der Waals surface area contributed by atoms with E-state index in [1.54, 1.807) is 7.11 Å². The van der Waals surface area contributed by atoms with Crippen molar-refractivity contribution in [3.8, 4) is 5.75 Å². The van der Waals surface area contributed by atoms with E-state index in [0.29, 0.717) is 11.0 Å². The van der Waals surface area contributed by atoms with Crippen molar-refractivity contribution in [2.24, 2.45) is 5.41 Å². The van der Waals surface area contributed by atoms with Crippen LogP contribution in [0.15, 0.2) is 22.7 Å². The molecule has 1 aliphatic heterocycles. The first-order valence-corrected chi connectivity index (χ1v) is 8.44. The molecule has 0 N–H and O–H groups in total. The number of methoxy groups -OCH3 is 1. The van der Waals surface area contributed by atoms with Gasteiger partial charge in [0, 0.05) is 38.3 Å². The lowest BCUT2D eigenvalue weighted by molar-refractivity contribution is 0.0592. The number of amides is 1. The molecule has 1 amide bonds. The van der Waals surface area contributed by atoms with E-state index in [1.165, 1.54) is 0 Å². The van der Waals surface area contributed by atoms with Gasteiger partial charge in [-0.05, 0) is 39.5 Å². The van der Waals surface area contributed by atoms with Gasteiger partial charge in [-0.3, -0.25) is 9.69 Å². The molecule has 1 heterocycles. The summed E-state index contributed by atoms with van der Waals surface area (Å²) in [5, 5.41) is 0. The standard InChI is InChI=1S/C17H25BrN2O2/c1-17(2,3)12-19-7-9-20(10-8-19)16(21)13-5-6-15(22-4)14(18)11-13/h5-6,11H,7-10,12H2,1-4H3. The molecule has 2 rings (SSSR count). The minimum absolute atomic E-state index is 0.0961. The van der Waals surface area contributed by atoms with Gasteiger partial charge in [-0.1, -0.05) is 20.8 Å². The number of benzene rings is 1. The Labute approximate surface area is 141 Å². The third kappa shape index (κ3) is 4.46. The van der Waals surface area contributed by atoms with Crippen molar-refractivity contribution in [1.82, 2.24) is 9.80 Å². The maximum Gasteiger partial charge on any atom is 0.253 e. The summed E-state index contributed by atoms with van der Waals surface area (Å²) >= 11 is 3.44. The Kier molecular flexibility index (Phi) is 5.50. The number of carbonyl (C=O) groups excluding carboxylic acids is 1. The van der Waals surface area contributed by atoms with Crippen LogP contribution in [0.5, 0.6) is 5.75 Å². The molecule has 0 saturated carbocycles. The van der Waals surface area contributed by atoms with Gasteiger partial charge in [-0.25, -0.2) is 0 Å². The van der Waals surface area contributed by atoms with Gasteiger partial charge in [0.15, 0.2) is 0 Å². The minimum Gasteiger partial charge on any atom is -0.496 e. The molecule has 0 aliphatic carbocycles. The van der Waals surface area contributed by atoms with Crippen molar-refractivity contribution in [2.45, 2.75) is 20.8 Å². The summed E-state index contributed by atoms with van der Waals surface area (Å²) in [5.74, 6) is 0.838. The predicted octanol–water partition coefficient (Wildman–Crippen LogP) is 3.26. The van der Waals surface area contributed by atoms with Crippen LogP contribution in [0.3, 0.4) is 0 Å². The zero-order valence-corrected chi connectivity index (χ0v) is 15.4. The normalized spacial score (nSPS) is 16.7. The van der Waals surface area contributed by atoms with Crippen molar-refractivity contribution in [3.63, 3.8) is 0 Å². The summed E-state index contributed by atoms with van der Waals surface area (Å²) < 4.78 is 6.02. The van der Waals surface area contributed by atoms with E-state index in [4.69, 9.17) is 4.74 Å². The van der Waals surface area contributed by atoms with E-state index in [1.807, 2.05) is 23.1 Å². The molecule has 0 bridgehead atoms.